The lowest BCUT2D eigenvalue weighted by Gasteiger charge is -2.27. The second kappa shape index (κ2) is 12.0. The van der Waals surface area contributed by atoms with Gasteiger partial charge in [-0.3, -0.25) is 0 Å². The maximum atomic E-state index is 12.5. The smallest absolute Gasteiger partial charge is 0.214 e. The first kappa shape index (κ1) is 27.2. The van der Waals surface area contributed by atoms with Gasteiger partial charge >= 0.3 is 0 Å². The Hall–Kier alpha value is 0.170. The monoisotopic (exact) mass is 444 g/mol. The van der Waals surface area contributed by atoms with E-state index in [0.717, 1.165) is 32.1 Å². The van der Waals surface area contributed by atoms with Gasteiger partial charge in [-0.05, 0) is 58.3 Å². The van der Waals surface area contributed by atoms with Crippen molar-refractivity contribution in [3.05, 3.63) is 0 Å². The summed E-state index contributed by atoms with van der Waals surface area (Å²) in [5, 5.41) is -0.440. The summed E-state index contributed by atoms with van der Waals surface area (Å²) < 4.78 is 52.9. The van der Waals surface area contributed by atoms with Crippen LogP contribution in [0.25, 0.3) is 0 Å². The summed E-state index contributed by atoms with van der Waals surface area (Å²) in [7, 11) is -6.67. The Morgan fingerprint density at radius 3 is 2.04 bits per heavy atom. The highest BCUT2D eigenvalue weighted by Gasteiger charge is 2.26. The number of rotatable bonds is 15. The number of hydrogen-bond acceptors (Lipinski definition) is 5. The lowest BCUT2D eigenvalue weighted by atomic mass is 9.83. The van der Waals surface area contributed by atoms with Gasteiger partial charge in [0.05, 0.1) is 5.25 Å². The van der Waals surface area contributed by atoms with Crippen molar-refractivity contribution in [3.8, 4) is 0 Å². The highest BCUT2D eigenvalue weighted by molar-refractivity contribution is 8.03. The summed E-state index contributed by atoms with van der Waals surface area (Å²) in [5.74, 6) is 0. The van der Waals surface area contributed by atoms with Crippen LogP contribution in [0.5, 0.6) is 0 Å². The minimum atomic E-state index is -3.35. The third-order valence-electron chi connectivity index (χ3n) is 4.90. The van der Waals surface area contributed by atoms with E-state index in [1.54, 1.807) is 6.92 Å². The summed E-state index contributed by atoms with van der Waals surface area (Å²) >= 11 is 3.95. The van der Waals surface area contributed by atoms with Crippen molar-refractivity contribution in [2.24, 2.45) is 5.41 Å². The van der Waals surface area contributed by atoms with E-state index in [1.807, 2.05) is 6.92 Å². The minimum absolute atomic E-state index is 0.0346. The van der Waals surface area contributed by atoms with E-state index in [1.165, 1.54) is 6.92 Å². The molecule has 0 rings (SSSR count). The van der Waals surface area contributed by atoms with Crippen molar-refractivity contribution in [2.75, 3.05) is 6.54 Å². The number of hydrogen-bond donors (Lipinski definition) is 3. The van der Waals surface area contributed by atoms with E-state index >= 15 is 0 Å². The zero-order valence-corrected chi connectivity index (χ0v) is 20.3. The molecule has 0 heterocycles. The molecule has 0 saturated carbocycles. The Morgan fingerprint density at radius 1 is 0.926 bits per heavy atom. The molecular formula is C18H40N2O4S3. The summed E-state index contributed by atoms with van der Waals surface area (Å²) in [6.07, 6.45) is 5.81. The van der Waals surface area contributed by atoms with E-state index in [2.05, 4.69) is 42.8 Å². The first-order valence-corrected chi connectivity index (χ1v) is 13.5. The molecular weight excluding hydrogens is 404 g/mol. The molecule has 2 N–H and O–H groups in total. The molecule has 6 nitrogen and oxygen atoms in total. The molecule has 2 unspecified atom stereocenters. The summed E-state index contributed by atoms with van der Waals surface area (Å²) in [4.78, 5) is 0. The van der Waals surface area contributed by atoms with Gasteiger partial charge in [0.1, 0.15) is 4.58 Å². The summed E-state index contributed by atoms with van der Waals surface area (Å²) in [6, 6.07) is -0.0346. The second-order valence-electron chi connectivity index (χ2n) is 8.36. The Kier molecular flexibility index (Phi) is 12.1. The molecule has 0 aliphatic carbocycles. The molecule has 0 aromatic carbocycles. The zero-order chi connectivity index (χ0) is 21.3. The van der Waals surface area contributed by atoms with Crippen LogP contribution in [0, 0.1) is 5.41 Å². The maximum Gasteiger partial charge on any atom is 0.223 e. The number of sulfonamides is 2. The Morgan fingerprint density at radius 2 is 1.52 bits per heavy atom. The van der Waals surface area contributed by atoms with E-state index in [9.17, 15) is 16.8 Å². The van der Waals surface area contributed by atoms with Gasteiger partial charge in [0, 0.05) is 12.6 Å². The predicted molar refractivity (Wildman–Crippen MR) is 118 cm³/mol. The predicted octanol–water partition coefficient (Wildman–Crippen LogP) is 3.65. The Balaban J connectivity index is 4.38. The van der Waals surface area contributed by atoms with E-state index in [4.69, 9.17) is 0 Å². The quantitative estimate of drug-likeness (QED) is 0.265. The van der Waals surface area contributed by atoms with Crippen molar-refractivity contribution in [1.29, 1.82) is 0 Å². The van der Waals surface area contributed by atoms with Gasteiger partial charge < -0.3 is 0 Å². The molecule has 0 saturated heterocycles. The van der Waals surface area contributed by atoms with Gasteiger partial charge in [0.25, 0.3) is 0 Å². The van der Waals surface area contributed by atoms with E-state index < -0.39 is 29.9 Å². The molecule has 164 valence electrons. The van der Waals surface area contributed by atoms with Crippen LogP contribution in [-0.4, -0.2) is 39.3 Å². The molecule has 27 heavy (non-hydrogen) atoms. The SMILES string of the molecule is CCCC[C@H](C)NS(=O)(=O)C(C)CCC(C)(C)CCCNS(=O)(=O)C(C)S. The van der Waals surface area contributed by atoms with Crippen LogP contribution in [0.1, 0.15) is 86.5 Å². The molecule has 0 radical (unpaired) electrons. The molecule has 0 spiro atoms. The molecule has 0 aromatic heterocycles. The fourth-order valence-corrected chi connectivity index (χ4v) is 4.97. The topological polar surface area (TPSA) is 92.3 Å². The number of unbranched alkanes of at least 4 members (excludes halogenated alkanes) is 1. The molecule has 0 amide bonds. The second-order valence-corrected chi connectivity index (χ2v) is 13.7. The third kappa shape index (κ3) is 11.7. The molecule has 9 heteroatoms. The molecule has 0 fully saturated rings. The first-order chi connectivity index (χ1) is 12.2. The molecule has 0 aliphatic rings. The van der Waals surface area contributed by atoms with Crippen LogP contribution < -0.4 is 9.44 Å². The van der Waals surface area contributed by atoms with Crippen LogP contribution in [0.15, 0.2) is 0 Å². The lowest BCUT2D eigenvalue weighted by molar-refractivity contribution is 0.290. The minimum Gasteiger partial charge on any atom is -0.214 e. The van der Waals surface area contributed by atoms with E-state index in [-0.39, 0.29) is 11.5 Å². The molecule has 0 aromatic rings. The van der Waals surface area contributed by atoms with Gasteiger partial charge in [-0.25, -0.2) is 26.3 Å². The van der Waals surface area contributed by atoms with Crippen molar-refractivity contribution < 1.29 is 16.8 Å². The standard InChI is InChI=1S/C18H40N2O4S3/c1-7-8-10-15(2)20-26(21,22)16(3)11-13-18(5,6)12-9-14-19-27(23,24)17(4)25/h15-17,19-20,25H,7-14H2,1-6H3/t15-,16?,17?/m0/s1. The third-order valence-corrected chi connectivity index (χ3v) is 9.26. The molecule has 0 bridgehead atoms. The largest absolute Gasteiger partial charge is 0.223 e. The van der Waals surface area contributed by atoms with Gasteiger partial charge in [0.2, 0.25) is 20.0 Å². The summed E-state index contributed by atoms with van der Waals surface area (Å²) in [6.45, 7) is 11.9. The average Bonchev–Trinajstić information content (AvgIpc) is 2.54. The van der Waals surface area contributed by atoms with Crippen molar-refractivity contribution in [3.63, 3.8) is 0 Å². The van der Waals surface area contributed by atoms with Crippen molar-refractivity contribution >= 4 is 32.7 Å². The van der Waals surface area contributed by atoms with E-state index in [0.29, 0.717) is 19.4 Å². The van der Waals surface area contributed by atoms with Crippen LogP contribution in [0.3, 0.4) is 0 Å². The Bertz CT molecular complexity index is 617. The molecule has 0 aliphatic heterocycles. The van der Waals surface area contributed by atoms with Gasteiger partial charge in [0.15, 0.2) is 0 Å². The van der Waals surface area contributed by atoms with Gasteiger partial charge in [-0.2, -0.15) is 12.6 Å². The first-order valence-electron chi connectivity index (χ1n) is 9.91. The fraction of sp³-hybridized carbons (Fsp3) is 1.00. The van der Waals surface area contributed by atoms with Crippen LogP contribution in [0.2, 0.25) is 0 Å². The normalized spacial score (nSPS) is 16.9. The average molecular weight is 445 g/mol. The Labute approximate surface area is 173 Å². The van der Waals surface area contributed by atoms with Gasteiger partial charge in [-0.1, -0.05) is 33.6 Å². The summed E-state index contributed by atoms with van der Waals surface area (Å²) in [5.41, 5.74) is -0.0460. The highest BCUT2D eigenvalue weighted by atomic mass is 32.3. The molecule has 3 atom stereocenters. The van der Waals surface area contributed by atoms with Crippen LogP contribution in [-0.2, 0) is 20.0 Å². The highest BCUT2D eigenvalue weighted by Crippen LogP contribution is 2.30. The van der Waals surface area contributed by atoms with Crippen molar-refractivity contribution in [2.45, 2.75) is 102 Å². The maximum absolute atomic E-state index is 12.5. The zero-order valence-electron chi connectivity index (χ0n) is 17.8. The lowest BCUT2D eigenvalue weighted by Crippen LogP contribution is -2.39. The van der Waals surface area contributed by atoms with Crippen molar-refractivity contribution in [1.82, 2.24) is 9.44 Å². The fourth-order valence-electron chi connectivity index (χ4n) is 2.74. The van der Waals surface area contributed by atoms with Crippen LogP contribution in [0.4, 0.5) is 0 Å². The van der Waals surface area contributed by atoms with Crippen LogP contribution >= 0.6 is 12.6 Å². The van der Waals surface area contributed by atoms with Gasteiger partial charge in [-0.15, -0.1) is 0 Å². The number of nitrogens with one attached hydrogen (secondary N) is 2. The number of thiol groups is 1.